The average Bonchev–Trinajstić information content (AvgIpc) is 3.17. The van der Waals surface area contributed by atoms with Gasteiger partial charge in [0, 0.05) is 5.56 Å². The molecule has 0 aliphatic carbocycles. The largest absolute Gasteiger partial charge is 0.493 e. The lowest BCUT2D eigenvalue weighted by Crippen LogP contribution is -1.84. The van der Waals surface area contributed by atoms with E-state index >= 15 is 0 Å². The molecule has 0 unspecified atom stereocenters. The van der Waals surface area contributed by atoms with Crippen molar-refractivity contribution in [1.29, 1.82) is 0 Å². The number of rotatable bonds is 3. The molecule has 114 valence electrons. The number of nitrogens with zero attached hydrogens (tertiary/aromatic N) is 1. The second-order valence-electron chi connectivity index (χ2n) is 5.59. The van der Waals surface area contributed by atoms with Crippen molar-refractivity contribution in [3.8, 4) is 28.4 Å². The molecule has 0 bridgehead atoms. The summed E-state index contributed by atoms with van der Waals surface area (Å²) in [6, 6.07) is 18.4. The van der Waals surface area contributed by atoms with Gasteiger partial charge in [-0.1, -0.05) is 61.5 Å². The van der Waals surface area contributed by atoms with Crippen LogP contribution in [0.3, 0.4) is 0 Å². The van der Waals surface area contributed by atoms with Crippen LogP contribution in [0.5, 0.6) is 5.88 Å². The lowest BCUT2D eigenvalue weighted by molar-refractivity contribution is 0.461. The molecule has 23 heavy (non-hydrogen) atoms. The van der Waals surface area contributed by atoms with Crippen LogP contribution in [0.4, 0.5) is 0 Å². The van der Waals surface area contributed by atoms with E-state index in [1.54, 1.807) is 0 Å². The predicted molar refractivity (Wildman–Crippen MR) is 92.4 cm³/mol. The second-order valence-corrected chi connectivity index (χ2v) is 5.59. The normalized spacial score (nSPS) is 11.2. The minimum atomic E-state index is 0.115. The van der Waals surface area contributed by atoms with E-state index in [1.165, 1.54) is 5.56 Å². The van der Waals surface area contributed by atoms with E-state index in [0.29, 0.717) is 5.52 Å². The highest BCUT2D eigenvalue weighted by molar-refractivity contribution is 6.05. The summed E-state index contributed by atoms with van der Waals surface area (Å²) in [5.41, 5.74) is 5.70. The van der Waals surface area contributed by atoms with E-state index in [0.717, 1.165) is 34.3 Å². The fourth-order valence-corrected chi connectivity index (χ4v) is 2.93. The van der Waals surface area contributed by atoms with Crippen LogP contribution in [0.1, 0.15) is 12.5 Å². The minimum absolute atomic E-state index is 0.115. The summed E-state index contributed by atoms with van der Waals surface area (Å²) < 4.78 is 0. The zero-order valence-electron chi connectivity index (χ0n) is 12.8. The molecular formula is C19H17N3O. The smallest absolute Gasteiger partial charge is 0.215 e. The number of nitrogens with one attached hydrogen (secondary N) is 2. The van der Waals surface area contributed by atoms with Crippen LogP contribution in [-0.2, 0) is 6.42 Å². The number of aryl methyl sites for hydroxylation is 1. The van der Waals surface area contributed by atoms with Crippen molar-refractivity contribution in [2.24, 2.45) is 0 Å². The summed E-state index contributed by atoms with van der Waals surface area (Å²) in [7, 11) is 0. The Hall–Kier alpha value is -3.01. The molecule has 0 aliphatic rings. The van der Waals surface area contributed by atoms with Gasteiger partial charge in [-0.2, -0.15) is 5.10 Å². The maximum absolute atomic E-state index is 10.2. The number of fused-ring (bicyclic) bond motifs is 1. The zero-order valence-corrected chi connectivity index (χ0v) is 12.8. The molecule has 2 aromatic carbocycles. The topological polar surface area (TPSA) is 64.7 Å². The molecule has 0 saturated carbocycles. The molecule has 4 heteroatoms. The minimum Gasteiger partial charge on any atom is -0.493 e. The average molecular weight is 303 g/mol. The van der Waals surface area contributed by atoms with E-state index in [4.69, 9.17) is 0 Å². The Labute approximate surface area is 133 Å². The van der Waals surface area contributed by atoms with Gasteiger partial charge < -0.3 is 10.1 Å². The number of aromatic amines is 2. The lowest BCUT2D eigenvalue weighted by atomic mass is 10.0. The van der Waals surface area contributed by atoms with Crippen molar-refractivity contribution in [3.63, 3.8) is 0 Å². The van der Waals surface area contributed by atoms with Gasteiger partial charge in [0.25, 0.3) is 0 Å². The van der Waals surface area contributed by atoms with Gasteiger partial charge in [-0.3, -0.25) is 5.10 Å². The van der Waals surface area contributed by atoms with Crippen molar-refractivity contribution in [3.05, 3.63) is 60.2 Å². The SMILES string of the molecule is CCc1ccc(-c2[nH]c(O)c3[nH]nc(-c4ccccc4)c23)cc1. The van der Waals surface area contributed by atoms with Crippen molar-refractivity contribution >= 4 is 10.9 Å². The van der Waals surface area contributed by atoms with Crippen LogP contribution in [0.2, 0.25) is 0 Å². The molecule has 3 N–H and O–H groups in total. The number of benzene rings is 2. The van der Waals surface area contributed by atoms with Crippen LogP contribution in [0.25, 0.3) is 33.4 Å². The van der Waals surface area contributed by atoms with Crippen molar-refractivity contribution < 1.29 is 5.11 Å². The molecule has 0 atom stereocenters. The Kier molecular flexibility index (Phi) is 3.15. The maximum Gasteiger partial charge on any atom is 0.215 e. The molecule has 4 nitrogen and oxygen atoms in total. The summed E-state index contributed by atoms with van der Waals surface area (Å²) in [4.78, 5) is 3.08. The van der Waals surface area contributed by atoms with Gasteiger partial charge in [-0.25, -0.2) is 0 Å². The lowest BCUT2D eigenvalue weighted by Gasteiger charge is -2.03. The van der Waals surface area contributed by atoms with Crippen LogP contribution in [0, 0.1) is 0 Å². The van der Waals surface area contributed by atoms with Gasteiger partial charge >= 0.3 is 0 Å². The monoisotopic (exact) mass is 303 g/mol. The molecule has 4 rings (SSSR count). The van der Waals surface area contributed by atoms with Gasteiger partial charge in [-0.05, 0) is 17.5 Å². The Morgan fingerprint density at radius 1 is 0.957 bits per heavy atom. The Morgan fingerprint density at radius 2 is 1.70 bits per heavy atom. The van der Waals surface area contributed by atoms with Gasteiger partial charge in [0.15, 0.2) is 0 Å². The first-order valence-electron chi connectivity index (χ1n) is 7.71. The molecule has 0 radical (unpaired) electrons. The molecule has 2 heterocycles. The van der Waals surface area contributed by atoms with Crippen molar-refractivity contribution in [1.82, 2.24) is 15.2 Å². The summed E-state index contributed by atoms with van der Waals surface area (Å²) in [6.45, 7) is 2.14. The van der Waals surface area contributed by atoms with E-state index < -0.39 is 0 Å². The number of hydrogen-bond acceptors (Lipinski definition) is 2. The predicted octanol–water partition coefficient (Wildman–Crippen LogP) is 4.49. The molecule has 4 aromatic rings. The van der Waals surface area contributed by atoms with Crippen molar-refractivity contribution in [2.45, 2.75) is 13.3 Å². The summed E-state index contributed by atoms with van der Waals surface area (Å²) in [5, 5.41) is 18.4. The van der Waals surface area contributed by atoms with Crippen LogP contribution >= 0.6 is 0 Å². The van der Waals surface area contributed by atoms with Crippen LogP contribution in [0.15, 0.2) is 54.6 Å². The number of H-pyrrole nitrogens is 2. The third kappa shape index (κ3) is 2.19. The number of aromatic hydroxyl groups is 1. The first kappa shape index (κ1) is 13.6. The zero-order chi connectivity index (χ0) is 15.8. The Bertz CT molecular complexity index is 950. The summed E-state index contributed by atoms with van der Waals surface area (Å²) >= 11 is 0. The summed E-state index contributed by atoms with van der Waals surface area (Å²) in [6.07, 6.45) is 1.01. The second kappa shape index (κ2) is 5.32. The first-order valence-corrected chi connectivity index (χ1v) is 7.71. The molecule has 0 fully saturated rings. The highest BCUT2D eigenvalue weighted by Gasteiger charge is 2.19. The molecule has 0 spiro atoms. The fourth-order valence-electron chi connectivity index (χ4n) is 2.93. The van der Waals surface area contributed by atoms with E-state index in [1.807, 2.05) is 30.3 Å². The summed E-state index contributed by atoms with van der Waals surface area (Å²) in [5.74, 6) is 0.115. The highest BCUT2D eigenvalue weighted by Crippen LogP contribution is 2.38. The van der Waals surface area contributed by atoms with Gasteiger partial charge in [0.1, 0.15) is 11.2 Å². The van der Waals surface area contributed by atoms with E-state index in [9.17, 15) is 5.11 Å². The Balaban J connectivity index is 1.94. The van der Waals surface area contributed by atoms with Gasteiger partial charge in [0.05, 0.1) is 11.1 Å². The number of aromatic nitrogens is 3. The van der Waals surface area contributed by atoms with E-state index in [2.05, 4.69) is 46.4 Å². The molecule has 0 saturated heterocycles. The quantitative estimate of drug-likeness (QED) is 0.522. The highest BCUT2D eigenvalue weighted by atomic mass is 16.3. The molecular weight excluding hydrogens is 286 g/mol. The van der Waals surface area contributed by atoms with Gasteiger partial charge in [-0.15, -0.1) is 0 Å². The van der Waals surface area contributed by atoms with Crippen LogP contribution < -0.4 is 0 Å². The number of hydrogen-bond donors (Lipinski definition) is 3. The Morgan fingerprint density at radius 3 is 2.39 bits per heavy atom. The fraction of sp³-hybridized carbons (Fsp3) is 0.105. The first-order chi connectivity index (χ1) is 11.3. The maximum atomic E-state index is 10.2. The molecule has 2 aromatic heterocycles. The van der Waals surface area contributed by atoms with Crippen LogP contribution in [-0.4, -0.2) is 20.3 Å². The molecule has 0 amide bonds. The third-order valence-electron chi connectivity index (χ3n) is 4.19. The van der Waals surface area contributed by atoms with Gasteiger partial charge in [0.2, 0.25) is 5.88 Å². The van der Waals surface area contributed by atoms with E-state index in [-0.39, 0.29) is 5.88 Å². The third-order valence-corrected chi connectivity index (χ3v) is 4.19. The molecule has 0 aliphatic heterocycles. The van der Waals surface area contributed by atoms with Crippen molar-refractivity contribution in [2.75, 3.05) is 0 Å². The standard InChI is InChI=1S/C19H17N3O/c1-2-12-8-10-14(11-9-12)16-15-17(13-6-4-3-5-7-13)21-22-18(15)19(23)20-16/h3-11,20,22-23H,2H2,1H3.